The van der Waals surface area contributed by atoms with E-state index in [1.54, 1.807) is 11.8 Å². The Hall–Kier alpha value is -0.650. The maximum Gasteiger partial charge on any atom is 0.129 e. The molecule has 0 aliphatic rings. The van der Waals surface area contributed by atoms with Gasteiger partial charge in [0.05, 0.1) is 0 Å². The summed E-state index contributed by atoms with van der Waals surface area (Å²) >= 11 is 1.80. The number of thioether (sulfide) groups is 1. The third-order valence-corrected chi connectivity index (χ3v) is 4.37. The monoisotopic (exact) mass is 274 g/mol. The van der Waals surface area contributed by atoms with Gasteiger partial charge in [0, 0.05) is 23.1 Å². The molecule has 2 atom stereocenters. The summed E-state index contributed by atoms with van der Waals surface area (Å²) in [5.74, 6) is 5.21. The third kappa shape index (κ3) is 4.92. The molecule has 1 aromatic rings. The van der Waals surface area contributed by atoms with E-state index in [0.717, 1.165) is 18.2 Å². The van der Waals surface area contributed by atoms with Crippen molar-refractivity contribution < 1.29 is 8.78 Å². The molecular formula is C13H20F2N2S. The largest absolute Gasteiger partial charge is 0.271 e. The average molecular weight is 274 g/mol. The van der Waals surface area contributed by atoms with Gasteiger partial charge in [0.1, 0.15) is 11.6 Å². The van der Waals surface area contributed by atoms with Crippen LogP contribution in [0.1, 0.15) is 25.8 Å². The number of halogens is 2. The van der Waals surface area contributed by atoms with Crippen LogP contribution in [0, 0.1) is 11.6 Å². The molecule has 0 aliphatic carbocycles. The van der Waals surface area contributed by atoms with E-state index in [9.17, 15) is 8.78 Å². The predicted octanol–water partition coefficient (Wildman–Crippen LogP) is 2.87. The molecule has 0 amide bonds. The molecule has 1 aromatic carbocycles. The molecule has 1 rings (SSSR count). The van der Waals surface area contributed by atoms with Crippen LogP contribution in [0.2, 0.25) is 0 Å². The van der Waals surface area contributed by atoms with E-state index in [1.165, 1.54) is 12.1 Å². The highest BCUT2D eigenvalue weighted by atomic mass is 32.2. The van der Waals surface area contributed by atoms with Crippen molar-refractivity contribution in [3.63, 3.8) is 0 Å². The van der Waals surface area contributed by atoms with Crippen molar-refractivity contribution in [2.24, 2.45) is 5.84 Å². The third-order valence-electron chi connectivity index (χ3n) is 2.87. The summed E-state index contributed by atoms with van der Waals surface area (Å²) in [6, 6.07) is 3.64. The highest BCUT2D eigenvalue weighted by molar-refractivity contribution is 7.99. The smallest absolute Gasteiger partial charge is 0.129 e. The zero-order chi connectivity index (χ0) is 13.5. The minimum absolute atomic E-state index is 0.0102. The first-order valence-electron chi connectivity index (χ1n) is 6.08. The van der Waals surface area contributed by atoms with E-state index in [2.05, 4.69) is 19.3 Å². The number of hydrazine groups is 1. The van der Waals surface area contributed by atoms with Crippen molar-refractivity contribution >= 4 is 11.8 Å². The van der Waals surface area contributed by atoms with Crippen molar-refractivity contribution in [2.45, 2.75) is 38.0 Å². The lowest BCUT2D eigenvalue weighted by atomic mass is 10.1. The van der Waals surface area contributed by atoms with Gasteiger partial charge in [0.2, 0.25) is 0 Å². The molecule has 0 aromatic heterocycles. The quantitative estimate of drug-likeness (QED) is 0.593. The molecule has 0 spiro atoms. The number of rotatable bonds is 7. The Labute approximate surface area is 111 Å². The summed E-state index contributed by atoms with van der Waals surface area (Å²) in [6.45, 7) is 4.28. The fourth-order valence-electron chi connectivity index (χ4n) is 1.52. The fraction of sp³-hybridized carbons (Fsp3) is 0.538. The molecule has 0 bridgehead atoms. The van der Waals surface area contributed by atoms with E-state index >= 15 is 0 Å². The van der Waals surface area contributed by atoms with Gasteiger partial charge in [-0.15, -0.1) is 0 Å². The normalized spacial score (nSPS) is 14.5. The van der Waals surface area contributed by atoms with Crippen molar-refractivity contribution in [3.05, 3.63) is 35.4 Å². The van der Waals surface area contributed by atoms with Gasteiger partial charge in [-0.1, -0.05) is 19.9 Å². The van der Waals surface area contributed by atoms with E-state index in [-0.39, 0.29) is 6.04 Å². The first-order chi connectivity index (χ1) is 8.56. The number of nitrogens with two attached hydrogens (primary N) is 1. The molecule has 5 heteroatoms. The average Bonchev–Trinajstić information content (AvgIpc) is 2.36. The topological polar surface area (TPSA) is 38.0 Å². The standard InChI is InChI=1S/C13H20F2N2S/c1-3-9(2)18-8-12(17-16)6-10-4-5-11(14)7-13(10)15/h4-5,7,9,12,17H,3,6,8,16H2,1-2H3. The second-order valence-electron chi connectivity index (χ2n) is 4.36. The molecule has 0 saturated heterocycles. The van der Waals surface area contributed by atoms with Crippen LogP contribution in [0.4, 0.5) is 8.78 Å². The minimum Gasteiger partial charge on any atom is -0.271 e. The second-order valence-corrected chi connectivity index (χ2v) is 5.83. The zero-order valence-corrected chi connectivity index (χ0v) is 11.6. The summed E-state index contributed by atoms with van der Waals surface area (Å²) in [6.07, 6.45) is 1.55. The summed E-state index contributed by atoms with van der Waals surface area (Å²) < 4.78 is 26.3. The SMILES string of the molecule is CCC(C)SCC(Cc1ccc(F)cc1F)NN. The van der Waals surface area contributed by atoms with Gasteiger partial charge in [-0.25, -0.2) is 8.78 Å². The van der Waals surface area contributed by atoms with Crippen LogP contribution in [0.25, 0.3) is 0 Å². The lowest BCUT2D eigenvalue weighted by molar-refractivity contribution is 0.535. The van der Waals surface area contributed by atoms with Crippen molar-refractivity contribution in [2.75, 3.05) is 5.75 Å². The Morgan fingerprint density at radius 2 is 2.11 bits per heavy atom. The number of hydrogen-bond acceptors (Lipinski definition) is 3. The summed E-state index contributed by atoms with van der Waals surface area (Å²) in [5, 5.41) is 0.555. The van der Waals surface area contributed by atoms with Crippen LogP contribution in [-0.4, -0.2) is 17.0 Å². The van der Waals surface area contributed by atoms with Crippen LogP contribution in [0.5, 0.6) is 0 Å². The van der Waals surface area contributed by atoms with Crippen molar-refractivity contribution in [1.29, 1.82) is 0 Å². The van der Waals surface area contributed by atoms with Crippen LogP contribution in [-0.2, 0) is 6.42 Å². The molecule has 18 heavy (non-hydrogen) atoms. The maximum atomic E-state index is 13.5. The number of hydrogen-bond donors (Lipinski definition) is 2. The first kappa shape index (κ1) is 15.4. The molecule has 0 aliphatic heterocycles. The van der Waals surface area contributed by atoms with Crippen molar-refractivity contribution in [3.8, 4) is 0 Å². The second kappa shape index (κ2) is 7.71. The maximum absolute atomic E-state index is 13.5. The molecule has 2 nitrogen and oxygen atoms in total. The Balaban J connectivity index is 2.56. The lowest BCUT2D eigenvalue weighted by Gasteiger charge is -2.18. The van der Waals surface area contributed by atoms with E-state index < -0.39 is 11.6 Å². The Morgan fingerprint density at radius 1 is 1.39 bits per heavy atom. The molecule has 2 unspecified atom stereocenters. The minimum atomic E-state index is -0.553. The Kier molecular flexibility index (Phi) is 6.60. The van der Waals surface area contributed by atoms with Crippen LogP contribution < -0.4 is 11.3 Å². The number of benzene rings is 1. The van der Waals surface area contributed by atoms with E-state index in [0.29, 0.717) is 17.2 Å². The van der Waals surface area contributed by atoms with Gasteiger partial charge in [-0.3, -0.25) is 11.3 Å². The van der Waals surface area contributed by atoms with Gasteiger partial charge in [0.25, 0.3) is 0 Å². The highest BCUT2D eigenvalue weighted by Gasteiger charge is 2.13. The Bertz CT molecular complexity index is 374. The molecule has 3 N–H and O–H groups in total. The summed E-state index contributed by atoms with van der Waals surface area (Å²) in [7, 11) is 0. The summed E-state index contributed by atoms with van der Waals surface area (Å²) in [5.41, 5.74) is 3.18. The van der Waals surface area contributed by atoms with Crippen LogP contribution in [0.3, 0.4) is 0 Å². The Morgan fingerprint density at radius 3 is 2.67 bits per heavy atom. The van der Waals surface area contributed by atoms with Crippen LogP contribution >= 0.6 is 11.8 Å². The molecule has 0 radical (unpaired) electrons. The number of nitrogens with one attached hydrogen (secondary N) is 1. The zero-order valence-electron chi connectivity index (χ0n) is 10.7. The van der Waals surface area contributed by atoms with Gasteiger partial charge in [0.15, 0.2) is 0 Å². The van der Waals surface area contributed by atoms with Gasteiger partial charge in [-0.2, -0.15) is 11.8 Å². The molecule has 0 heterocycles. The van der Waals surface area contributed by atoms with Crippen LogP contribution in [0.15, 0.2) is 18.2 Å². The molecular weight excluding hydrogens is 254 g/mol. The van der Waals surface area contributed by atoms with Gasteiger partial charge >= 0.3 is 0 Å². The predicted molar refractivity (Wildman–Crippen MR) is 73.4 cm³/mol. The highest BCUT2D eigenvalue weighted by Crippen LogP contribution is 2.17. The molecule has 0 fully saturated rings. The molecule has 0 saturated carbocycles. The van der Waals surface area contributed by atoms with Gasteiger partial charge < -0.3 is 0 Å². The van der Waals surface area contributed by atoms with Crippen molar-refractivity contribution in [1.82, 2.24) is 5.43 Å². The summed E-state index contributed by atoms with van der Waals surface area (Å²) in [4.78, 5) is 0. The lowest BCUT2D eigenvalue weighted by Crippen LogP contribution is -2.39. The fourth-order valence-corrected chi connectivity index (χ4v) is 2.53. The first-order valence-corrected chi connectivity index (χ1v) is 7.13. The molecule has 102 valence electrons. The van der Waals surface area contributed by atoms with E-state index in [1.807, 2.05) is 0 Å². The van der Waals surface area contributed by atoms with Gasteiger partial charge in [-0.05, 0) is 24.5 Å². The van der Waals surface area contributed by atoms with E-state index in [4.69, 9.17) is 5.84 Å².